The fourth-order valence-corrected chi connectivity index (χ4v) is 4.65. The molecule has 8 nitrogen and oxygen atoms in total. The minimum absolute atomic E-state index is 0.0688. The molecule has 1 atom stereocenters. The molecule has 1 unspecified atom stereocenters. The van der Waals surface area contributed by atoms with Gasteiger partial charge in [0.05, 0.1) is 6.04 Å². The van der Waals surface area contributed by atoms with Crippen molar-refractivity contribution in [2.45, 2.75) is 39.5 Å². The Morgan fingerprint density at radius 2 is 1.97 bits per heavy atom. The van der Waals surface area contributed by atoms with Crippen LogP contribution in [0.2, 0.25) is 0 Å². The molecule has 1 N–H and O–H groups in total. The van der Waals surface area contributed by atoms with Crippen LogP contribution in [-0.2, 0) is 24.4 Å². The van der Waals surface area contributed by atoms with E-state index >= 15 is 0 Å². The lowest BCUT2D eigenvalue weighted by Gasteiger charge is -2.39. The van der Waals surface area contributed by atoms with Gasteiger partial charge >= 0.3 is 0 Å². The summed E-state index contributed by atoms with van der Waals surface area (Å²) < 4.78 is 11.5. The van der Waals surface area contributed by atoms with Gasteiger partial charge in [0.15, 0.2) is 12.3 Å². The van der Waals surface area contributed by atoms with Crippen LogP contribution in [0.25, 0.3) is 0 Å². The van der Waals surface area contributed by atoms with E-state index in [4.69, 9.17) is 9.15 Å². The van der Waals surface area contributed by atoms with E-state index < -0.39 is 0 Å². The largest absolute Gasteiger partial charge is 0.484 e. The fourth-order valence-electron chi connectivity index (χ4n) is 4.65. The number of aromatic nitrogens is 2. The number of fused-ring (bicyclic) bond motifs is 1. The first-order valence-corrected chi connectivity index (χ1v) is 12.7. The maximum absolute atomic E-state index is 13.1. The van der Waals surface area contributed by atoms with Gasteiger partial charge in [-0.1, -0.05) is 56.3 Å². The Balaban J connectivity index is 1.29. The van der Waals surface area contributed by atoms with Crippen LogP contribution in [0.5, 0.6) is 5.75 Å². The number of hydrogen-bond donors (Lipinski definition) is 1. The van der Waals surface area contributed by atoms with Crippen molar-refractivity contribution >= 4 is 11.8 Å². The Morgan fingerprint density at radius 3 is 2.74 bits per heavy atom. The second-order valence-electron chi connectivity index (χ2n) is 9.57. The van der Waals surface area contributed by atoms with Crippen LogP contribution in [0.15, 0.2) is 83.7 Å². The highest BCUT2D eigenvalue weighted by Gasteiger charge is 2.33. The summed E-state index contributed by atoms with van der Waals surface area (Å²) in [6.07, 6.45) is 5.49. The number of pyridine rings is 1. The lowest BCUT2D eigenvalue weighted by Crippen LogP contribution is -2.42. The predicted molar refractivity (Wildman–Crippen MR) is 141 cm³/mol. The van der Waals surface area contributed by atoms with Crippen LogP contribution >= 0.6 is 0 Å². The molecule has 0 spiro atoms. The van der Waals surface area contributed by atoms with Crippen LogP contribution in [0.1, 0.15) is 58.5 Å². The van der Waals surface area contributed by atoms with E-state index in [1.165, 1.54) is 11.8 Å². The highest BCUT2D eigenvalue weighted by atomic mass is 16.5. The van der Waals surface area contributed by atoms with Crippen molar-refractivity contribution in [3.63, 3.8) is 0 Å². The van der Waals surface area contributed by atoms with Gasteiger partial charge < -0.3 is 19.4 Å². The van der Waals surface area contributed by atoms with Crippen molar-refractivity contribution in [2.75, 3.05) is 6.54 Å². The molecule has 0 radical (unpaired) electrons. The molecule has 2 aromatic carbocycles. The zero-order valence-corrected chi connectivity index (χ0v) is 21.5. The molecule has 0 fully saturated rings. The molecule has 2 aromatic heterocycles. The molecule has 0 aliphatic carbocycles. The minimum atomic E-state index is -0.335. The number of nitrogens with one attached hydrogen (secondary N) is 1. The summed E-state index contributed by atoms with van der Waals surface area (Å²) in [6.45, 7) is 4.96. The number of nitrogens with zero attached hydrogens (tertiary/aromatic N) is 3. The zero-order valence-electron chi connectivity index (χ0n) is 21.5. The number of amides is 2. The molecule has 1 aliphatic rings. The molecule has 1 aliphatic heterocycles. The number of oxazole rings is 1. The summed E-state index contributed by atoms with van der Waals surface area (Å²) in [5.41, 5.74) is 4.39. The number of hydrogen-bond acceptors (Lipinski definition) is 6. The molecular weight excluding hydrogens is 480 g/mol. The molecular formula is C30H30N4O4. The molecule has 38 heavy (non-hydrogen) atoms. The summed E-state index contributed by atoms with van der Waals surface area (Å²) in [7, 11) is 0. The third kappa shape index (κ3) is 5.59. The van der Waals surface area contributed by atoms with Crippen LogP contribution in [0.3, 0.4) is 0 Å². The Morgan fingerprint density at radius 1 is 1.13 bits per heavy atom. The fraction of sp³-hybridized carbons (Fsp3) is 0.267. The van der Waals surface area contributed by atoms with E-state index in [1.54, 1.807) is 12.4 Å². The molecule has 4 aromatic rings. The Hall–Kier alpha value is -4.46. The number of benzene rings is 2. The molecule has 194 valence electrons. The highest BCUT2D eigenvalue weighted by molar-refractivity contribution is 5.91. The van der Waals surface area contributed by atoms with E-state index in [-0.39, 0.29) is 36.1 Å². The second kappa shape index (κ2) is 11.3. The van der Waals surface area contributed by atoms with E-state index in [0.29, 0.717) is 24.7 Å². The monoisotopic (exact) mass is 510 g/mol. The van der Waals surface area contributed by atoms with Crippen LogP contribution in [-0.4, -0.2) is 33.2 Å². The van der Waals surface area contributed by atoms with Gasteiger partial charge in [0, 0.05) is 31.4 Å². The normalized spacial score (nSPS) is 14.7. The first-order valence-electron chi connectivity index (χ1n) is 12.7. The van der Waals surface area contributed by atoms with Crippen molar-refractivity contribution in [1.29, 1.82) is 0 Å². The quantitative estimate of drug-likeness (QED) is 0.369. The Labute approximate surface area is 221 Å². The maximum atomic E-state index is 13.1. The van der Waals surface area contributed by atoms with Crippen molar-refractivity contribution in [1.82, 2.24) is 20.2 Å². The molecule has 8 heteroatoms. The molecule has 0 saturated carbocycles. The lowest BCUT2D eigenvalue weighted by atomic mass is 9.87. The minimum Gasteiger partial charge on any atom is -0.484 e. The van der Waals surface area contributed by atoms with Crippen LogP contribution < -0.4 is 10.1 Å². The standard InChI is InChI=1S/C30H30N4O4/c1-20(2)30(36)34-14-12-22-10-11-24(15-25(22)28(34)23-8-4-3-5-9-23)37-19-27-33-26(18-38-27)29(35)32-17-21-7-6-13-31-16-21/h3-11,13,15-16,18,20,28H,12,14,17,19H2,1-2H3,(H,32,35). The number of carbonyl (C=O) groups is 2. The maximum Gasteiger partial charge on any atom is 0.273 e. The summed E-state index contributed by atoms with van der Waals surface area (Å²) in [5, 5.41) is 2.80. The van der Waals surface area contributed by atoms with Gasteiger partial charge in [0.1, 0.15) is 12.0 Å². The summed E-state index contributed by atoms with van der Waals surface area (Å²) in [6, 6.07) is 19.6. The average Bonchev–Trinajstić information content (AvgIpc) is 3.44. The van der Waals surface area contributed by atoms with Gasteiger partial charge in [0.2, 0.25) is 11.8 Å². The molecule has 5 rings (SSSR count). The van der Waals surface area contributed by atoms with E-state index in [2.05, 4.69) is 33.5 Å². The third-order valence-corrected chi connectivity index (χ3v) is 6.56. The van der Waals surface area contributed by atoms with Crippen molar-refractivity contribution in [2.24, 2.45) is 5.92 Å². The number of carbonyl (C=O) groups excluding carboxylic acids is 2. The van der Waals surface area contributed by atoms with Gasteiger partial charge in [-0.25, -0.2) is 4.98 Å². The van der Waals surface area contributed by atoms with Gasteiger partial charge in [-0.05, 0) is 46.9 Å². The summed E-state index contributed by atoms with van der Waals surface area (Å²) in [4.78, 5) is 35.8. The van der Waals surface area contributed by atoms with Crippen molar-refractivity contribution in [3.05, 3.63) is 113 Å². The first-order chi connectivity index (χ1) is 18.5. The van der Waals surface area contributed by atoms with Crippen molar-refractivity contribution < 1.29 is 18.7 Å². The van der Waals surface area contributed by atoms with E-state index in [1.807, 2.05) is 61.2 Å². The van der Waals surface area contributed by atoms with Crippen molar-refractivity contribution in [3.8, 4) is 5.75 Å². The number of rotatable bonds is 8. The third-order valence-electron chi connectivity index (χ3n) is 6.56. The smallest absolute Gasteiger partial charge is 0.273 e. The molecule has 0 saturated heterocycles. The Kier molecular flexibility index (Phi) is 7.49. The van der Waals surface area contributed by atoms with E-state index in [0.717, 1.165) is 23.1 Å². The van der Waals surface area contributed by atoms with Crippen LogP contribution in [0.4, 0.5) is 0 Å². The average molecular weight is 511 g/mol. The number of ether oxygens (including phenoxy) is 1. The topological polar surface area (TPSA) is 97.6 Å². The lowest BCUT2D eigenvalue weighted by molar-refractivity contribution is -0.136. The summed E-state index contributed by atoms with van der Waals surface area (Å²) >= 11 is 0. The van der Waals surface area contributed by atoms with Gasteiger partial charge in [0.25, 0.3) is 5.91 Å². The highest BCUT2D eigenvalue weighted by Crippen LogP contribution is 2.38. The first kappa shape index (κ1) is 25.2. The second-order valence-corrected chi connectivity index (χ2v) is 9.57. The Bertz CT molecular complexity index is 1400. The van der Waals surface area contributed by atoms with Crippen LogP contribution in [0, 0.1) is 5.92 Å². The van der Waals surface area contributed by atoms with Gasteiger partial charge in [-0.15, -0.1) is 0 Å². The SMILES string of the molecule is CC(C)C(=O)N1CCc2ccc(OCc3nc(C(=O)NCc4cccnc4)co3)cc2C1c1ccccc1. The van der Waals surface area contributed by atoms with Gasteiger partial charge in [-0.3, -0.25) is 14.6 Å². The molecule has 2 amide bonds. The van der Waals surface area contributed by atoms with E-state index in [9.17, 15) is 9.59 Å². The molecule has 0 bridgehead atoms. The predicted octanol–water partition coefficient (Wildman–Crippen LogP) is 4.71. The molecule has 3 heterocycles. The summed E-state index contributed by atoms with van der Waals surface area (Å²) in [5.74, 6) is 0.640. The zero-order chi connectivity index (χ0) is 26.5. The van der Waals surface area contributed by atoms with Gasteiger partial charge in [-0.2, -0.15) is 0 Å².